The second kappa shape index (κ2) is 9.60. The van der Waals surface area contributed by atoms with Crippen LogP contribution in [0.4, 0.5) is 5.69 Å². The van der Waals surface area contributed by atoms with E-state index in [1.807, 2.05) is 41.0 Å². The predicted octanol–water partition coefficient (Wildman–Crippen LogP) is 6.01. The van der Waals surface area contributed by atoms with Crippen LogP contribution in [0, 0.1) is 0 Å². The molecule has 0 bridgehead atoms. The maximum atomic E-state index is 12.8. The minimum Gasteiger partial charge on any atom is -0.461 e. The van der Waals surface area contributed by atoms with Crippen LogP contribution in [0.5, 0.6) is 0 Å². The summed E-state index contributed by atoms with van der Waals surface area (Å²) in [5.74, 6) is 0.989. The summed E-state index contributed by atoms with van der Waals surface area (Å²) >= 11 is 13.5. The molecule has 1 amide bonds. The van der Waals surface area contributed by atoms with Crippen molar-refractivity contribution in [1.82, 2.24) is 14.8 Å². The number of amides is 1. The van der Waals surface area contributed by atoms with Crippen LogP contribution in [0.2, 0.25) is 10.0 Å². The topological polar surface area (TPSA) is 73.0 Å². The molecular weight excluding hydrogens is 455 g/mol. The molecule has 4 aromatic rings. The van der Waals surface area contributed by atoms with Gasteiger partial charge in [-0.05, 0) is 42.8 Å². The second-order valence-electron chi connectivity index (χ2n) is 6.73. The van der Waals surface area contributed by atoms with Gasteiger partial charge in [0.05, 0.1) is 28.8 Å². The molecule has 158 valence electrons. The van der Waals surface area contributed by atoms with Gasteiger partial charge in [0.15, 0.2) is 10.9 Å². The first kappa shape index (κ1) is 21.5. The number of furan rings is 1. The first-order valence-electron chi connectivity index (χ1n) is 9.45. The highest BCUT2D eigenvalue weighted by Gasteiger charge is 2.22. The van der Waals surface area contributed by atoms with E-state index in [4.69, 9.17) is 27.6 Å². The van der Waals surface area contributed by atoms with Gasteiger partial charge >= 0.3 is 0 Å². The summed E-state index contributed by atoms with van der Waals surface area (Å²) in [6, 6.07) is 18.5. The minimum atomic E-state index is -0.460. The van der Waals surface area contributed by atoms with E-state index in [1.165, 1.54) is 11.8 Å². The molecule has 4 rings (SSSR count). The lowest BCUT2D eigenvalue weighted by atomic mass is 10.2. The first-order valence-corrected chi connectivity index (χ1v) is 11.1. The van der Waals surface area contributed by atoms with E-state index < -0.39 is 5.25 Å². The Bertz CT molecular complexity index is 1180. The van der Waals surface area contributed by atoms with Crippen LogP contribution in [0.3, 0.4) is 0 Å². The number of aromatic nitrogens is 3. The molecule has 1 atom stereocenters. The maximum absolute atomic E-state index is 12.8. The van der Waals surface area contributed by atoms with Crippen LogP contribution in [-0.2, 0) is 11.3 Å². The fraction of sp³-hybridized carbons (Fsp3) is 0.136. The summed E-state index contributed by atoms with van der Waals surface area (Å²) in [5.41, 5.74) is 1.55. The number of benzene rings is 2. The third-order valence-electron chi connectivity index (χ3n) is 4.48. The fourth-order valence-corrected chi connectivity index (χ4v) is 4.10. The highest BCUT2D eigenvalue weighted by Crippen LogP contribution is 2.30. The summed E-state index contributed by atoms with van der Waals surface area (Å²) in [6.45, 7) is 2.34. The molecule has 9 heteroatoms. The zero-order valence-corrected chi connectivity index (χ0v) is 18.8. The van der Waals surface area contributed by atoms with E-state index >= 15 is 0 Å². The largest absolute Gasteiger partial charge is 0.461 e. The monoisotopic (exact) mass is 472 g/mol. The number of nitrogens with zero attached hydrogens (tertiary/aromatic N) is 3. The average molecular weight is 473 g/mol. The molecule has 2 aromatic heterocycles. The van der Waals surface area contributed by atoms with Crippen molar-refractivity contribution >= 4 is 46.6 Å². The molecule has 0 radical (unpaired) electrons. The molecule has 2 heterocycles. The van der Waals surface area contributed by atoms with Crippen LogP contribution in [0.25, 0.3) is 11.6 Å². The molecule has 1 unspecified atom stereocenters. The van der Waals surface area contributed by atoms with Gasteiger partial charge in [0.1, 0.15) is 0 Å². The van der Waals surface area contributed by atoms with E-state index in [0.29, 0.717) is 39.0 Å². The molecule has 1 N–H and O–H groups in total. The molecule has 0 aliphatic carbocycles. The Kier molecular flexibility index (Phi) is 6.65. The second-order valence-corrected chi connectivity index (χ2v) is 8.88. The van der Waals surface area contributed by atoms with E-state index in [-0.39, 0.29) is 5.91 Å². The lowest BCUT2D eigenvalue weighted by Crippen LogP contribution is -2.23. The van der Waals surface area contributed by atoms with Crippen molar-refractivity contribution in [2.75, 3.05) is 5.32 Å². The molecule has 31 heavy (non-hydrogen) atoms. The third kappa shape index (κ3) is 5.12. The van der Waals surface area contributed by atoms with Crippen molar-refractivity contribution < 1.29 is 9.21 Å². The number of anilines is 1. The minimum absolute atomic E-state index is 0.219. The van der Waals surface area contributed by atoms with Crippen LogP contribution >= 0.6 is 35.0 Å². The van der Waals surface area contributed by atoms with Crippen LogP contribution in [0.1, 0.15) is 12.5 Å². The lowest BCUT2D eigenvalue weighted by molar-refractivity contribution is -0.115. The highest BCUT2D eigenvalue weighted by atomic mass is 35.5. The molecule has 6 nitrogen and oxygen atoms in total. The van der Waals surface area contributed by atoms with Gasteiger partial charge in [0, 0.05) is 5.02 Å². The van der Waals surface area contributed by atoms with Gasteiger partial charge in [-0.15, -0.1) is 10.2 Å². The maximum Gasteiger partial charge on any atom is 0.237 e. The summed E-state index contributed by atoms with van der Waals surface area (Å²) in [4.78, 5) is 12.8. The number of carbonyl (C=O) groups is 1. The Morgan fingerprint density at radius 3 is 2.68 bits per heavy atom. The van der Waals surface area contributed by atoms with Gasteiger partial charge in [0.25, 0.3) is 0 Å². The molecule has 0 saturated heterocycles. The highest BCUT2D eigenvalue weighted by molar-refractivity contribution is 8.00. The van der Waals surface area contributed by atoms with Gasteiger partial charge in [-0.25, -0.2) is 0 Å². The molecule has 0 aliphatic heterocycles. The first-order chi connectivity index (χ1) is 15.0. The Balaban J connectivity index is 1.57. The Hall–Kier alpha value is -2.74. The summed E-state index contributed by atoms with van der Waals surface area (Å²) in [7, 11) is 0. The summed E-state index contributed by atoms with van der Waals surface area (Å²) in [6.07, 6.45) is 1.59. The fourth-order valence-electron chi connectivity index (χ4n) is 2.91. The van der Waals surface area contributed by atoms with E-state index in [1.54, 1.807) is 37.5 Å². The van der Waals surface area contributed by atoms with E-state index in [9.17, 15) is 4.79 Å². The van der Waals surface area contributed by atoms with Crippen LogP contribution < -0.4 is 5.32 Å². The Morgan fingerprint density at radius 2 is 1.94 bits per heavy atom. The van der Waals surface area contributed by atoms with Crippen molar-refractivity contribution in [1.29, 1.82) is 0 Å². The number of halogens is 2. The molecular formula is C22H18Cl2N4O2S. The van der Waals surface area contributed by atoms with Crippen LogP contribution in [0.15, 0.2) is 76.5 Å². The SMILES string of the molecule is CC(Sc1nnc(-c2ccco2)n1Cc1ccccc1)C(=O)Nc1cc(Cl)ccc1Cl. The zero-order chi connectivity index (χ0) is 21.8. The molecule has 2 aromatic carbocycles. The van der Waals surface area contributed by atoms with Gasteiger partial charge in [-0.2, -0.15) is 0 Å². The molecule has 0 aliphatic rings. The quantitative estimate of drug-likeness (QED) is 0.333. The average Bonchev–Trinajstić information content (AvgIpc) is 3.42. The van der Waals surface area contributed by atoms with Crippen LogP contribution in [-0.4, -0.2) is 25.9 Å². The van der Waals surface area contributed by atoms with Crippen molar-refractivity contribution in [3.8, 4) is 11.6 Å². The van der Waals surface area contributed by atoms with E-state index in [0.717, 1.165) is 5.56 Å². The molecule has 0 spiro atoms. The van der Waals surface area contributed by atoms with Gasteiger partial charge < -0.3 is 9.73 Å². The summed E-state index contributed by atoms with van der Waals surface area (Å²) in [5, 5.41) is 12.5. The van der Waals surface area contributed by atoms with Gasteiger partial charge in [-0.1, -0.05) is 65.3 Å². The van der Waals surface area contributed by atoms with Crippen molar-refractivity contribution in [2.45, 2.75) is 23.9 Å². The predicted molar refractivity (Wildman–Crippen MR) is 124 cm³/mol. The Morgan fingerprint density at radius 1 is 1.13 bits per heavy atom. The number of rotatable bonds is 7. The number of hydrogen-bond acceptors (Lipinski definition) is 5. The zero-order valence-electron chi connectivity index (χ0n) is 16.5. The van der Waals surface area contributed by atoms with Crippen molar-refractivity contribution in [3.05, 3.63) is 82.5 Å². The number of nitrogens with one attached hydrogen (secondary N) is 1. The number of hydrogen-bond donors (Lipinski definition) is 1. The molecule has 0 saturated carbocycles. The third-order valence-corrected chi connectivity index (χ3v) is 6.12. The van der Waals surface area contributed by atoms with Crippen molar-refractivity contribution in [3.63, 3.8) is 0 Å². The molecule has 0 fully saturated rings. The van der Waals surface area contributed by atoms with E-state index in [2.05, 4.69) is 15.5 Å². The van der Waals surface area contributed by atoms with Crippen molar-refractivity contribution in [2.24, 2.45) is 0 Å². The smallest absolute Gasteiger partial charge is 0.237 e. The van der Waals surface area contributed by atoms with Gasteiger partial charge in [-0.3, -0.25) is 9.36 Å². The standard InChI is InChI=1S/C22H18Cl2N4O2S/c1-14(21(29)25-18-12-16(23)9-10-17(18)24)31-22-27-26-20(19-8-5-11-30-19)28(22)13-15-6-3-2-4-7-15/h2-12,14H,13H2,1H3,(H,25,29). The summed E-state index contributed by atoms with van der Waals surface area (Å²) < 4.78 is 7.47. The van der Waals surface area contributed by atoms with Gasteiger partial charge in [0.2, 0.25) is 11.7 Å². The number of carbonyl (C=O) groups excluding carboxylic acids is 1. The Labute approximate surface area is 193 Å². The lowest BCUT2D eigenvalue weighted by Gasteiger charge is -2.14. The normalized spacial score (nSPS) is 12.0. The number of thioether (sulfide) groups is 1.